The van der Waals surface area contributed by atoms with Crippen LogP contribution in [0.15, 0.2) is 48.5 Å². The molecule has 2 aromatic rings. The number of benzene rings is 2. The number of hydrogen-bond acceptors (Lipinski definition) is 2. The van der Waals surface area contributed by atoms with Crippen molar-refractivity contribution in [1.82, 2.24) is 5.32 Å². The number of carbonyl (C=O) groups excluding carboxylic acids is 2. The molecule has 0 spiro atoms. The number of aryl methyl sites for hydroxylation is 1. The van der Waals surface area contributed by atoms with E-state index in [4.69, 9.17) is 0 Å². The van der Waals surface area contributed by atoms with Crippen LogP contribution in [0.25, 0.3) is 0 Å². The minimum absolute atomic E-state index is 0.102. The van der Waals surface area contributed by atoms with E-state index in [-0.39, 0.29) is 11.8 Å². The van der Waals surface area contributed by atoms with Crippen LogP contribution >= 0.6 is 0 Å². The van der Waals surface area contributed by atoms with Gasteiger partial charge in [-0.2, -0.15) is 0 Å². The highest BCUT2D eigenvalue weighted by Gasteiger charge is 2.38. The first-order chi connectivity index (χ1) is 12.3. The topological polar surface area (TPSA) is 49.4 Å². The van der Waals surface area contributed by atoms with Gasteiger partial charge < -0.3 is 5.32 Å². The Morgan fingerprint density at radius 3 is 2.46 bits per heavy atom. The molecule has 2 amide bonds. The summed E-state index contributed by atoms with van der Waals surface area (Å²) >= 11 is 0. The zero-order chi connectivity index (χ0) is 18.9. The van der Waals surface area contributed by atoms with Crippen LogP contribution in [0.1, 0.15) is 37.5 Å². The van der Waals surface area contributed by atoms with Crippen LogP contribution in [-0.4, -0.2) is 23.4 Å². The standard InChI is InChI=1S/C22H26N2O2/c1-15-9-5-6-11-18(15)14-22(3,4)23-21(26)20-13-17-10-7-8-12-19(17)24(20)16(2)25/h5-12,20H,13-14H2,1-4H3,(H,23,26)/t20-/m0/s1. The maximum Gasteiger partial charge on any atom is 0.243 e. The first-order valence-electron chi connectivity index (χ1n) is 9.03. The van der Waals surface area contributed by atoms with Crippen molar-refractivity contribution in [2.45, 2.75) is 52.1 Å². The van der Waals surface area contributed by atoms with Crippen LogP contribution < -0.4 is 10.2 Å². The van der Waals surface area contributed by atoms with E-state index in [9.17, 15) is 9.59 Å². The van der Waals surface area contributed by atoms with Gasteiger partial charge in [-0.3, -0.25) is 14.5 Å². The molecule has 0 aromatic heterocycles. The van der Waals surface area contributed by atoms with Crippen molar-refractivity contribution >= 4 is 17.5 Å². The zero-order valence-electron chi connectivity index (χ0n) is 15.9. The van der Waals surface area contributed by atoms with Gasteiger partial charge in [0, 0.05) is 24.6 Å². The molecule has 26 heavy (non-hydrogen) atoms. The second-order valence-corrected chi connectivity index (χ2v) is 7.71. The molecule has 136 valence electrons. The van der Waals surface area contributed by atoms with Gasteiger partial charge in [0.1, 0.15) is 6.04 Å². The summed E-state index contributed by atoms with van der Waals surface area (Å²) in [6.07, 6.45) is 1.30. The van der Waals surface area contributed by atoms with Crippen molar-refractivity contribution in [3.05, 3.63) is 65.2 Å². The van der Waals surface area contributed by atoms with Gasteiger partial charge in [-0.1, -0.05) is 42.5 Å². The Labute approximate surface area is 155 Å². The predicted octanol–water partition coefficient (Wildman–Crippen LogP) is 3.41. The summed E-state index contributed by atoms with van der Waals surface area (Å²) in [4.78, 5) is 26.8. The molecule has 3 rings (SSSR count). The molecule has 2 aromatic carbocycles. The smallest absolute Gasteiger partial charge is 0.243 e. The molecule has 4 heteroatoms. The largest absolute Gasteiger partial charge is 0.349 e. The molecule has 0 saturated heterocycles. The molecule has 0 bridgehead atoms. The lowest BCUT2D eigenvalue weighted by molar-refractivity contribution is -0.126. The summed E-state index contributed by atoms with van der Waals surface area (Å²) in [6, 6.07) is 15.5. The lowest BCUT2D eigenvalue weighted by atomic mass is 9.92. The molecule has 1 aliphatic rings. The number of fused-ring (bicyclic) bond motifs is 1. The van der Waals surface area contributed by atoms with Crippen molar-refractivity contribution in [2.75, 3.05) is 4.90 Å². The van der Waals surface area contributed by atoms with E-state index >= 15 is 0 Å². The number of amides is 2. The number of hydrogen-bond donors (Lipinski definition) is 1. The summed E-state index contributed by atoms with van der Waals surface area (Å²) in [7, 11) is 0. The van der Waals surface area contributed by atoms with Gasteiger partial charge in [0.05, 0.1) is 0 Å². The zero-order valence-corrected chi connectivity index (χ0v) is 15.9. The molecule has 1 atom stereocenters. The molecule has 0 aliphatic carbocycles. The van der Waals surface area contributed by atoms with Crippen LogP contribution in [0.4, 0.5) is 5.69 Å². The SMILES string of the molecule is CC(=O)N1c2ccccc2C[C@H]1C(=O)NC(C)(C)Cc1ccccc1C. The van der Waals surface area contributed by atoms with Crippen molar-refractivity contribution in [1.29, 1.82) is 0 Å². The average molecular weight is 350 g/mol. The number of para-hydroxylation sites is 1. The number of nitrogens with zero attached hydrogens (tertiary/aromatic N) is 1. The summed E-state index contributed by atoms with van der Waals surface area (Å²) in [6.45, 7) is 7.65. The molecular weight excluding hydrogens is 324 g/mol. The molecule has 4 nitrogen and oxygen atoms in total. The Morgan fingerprint density at radius 1 is 1.12 bits per heavy atom. The van der Waals surface area contributed by atoms with Crippen LogP contribution in [0, 0.1) is 6.92 Å². The van der Waals surface area contributed by atoms with E-state index in [0.717, 1.165) is 17.7 Å². The maximum absolute atomic E-state index is 13.0. The number of carbonyl (C=O) groups is 2. The molecular formula is C22H26N2O2. The number of nitrogens with one attached hydrogen (secondary N) is 1. The third-order valence-corrected chi connectivity index (χ3v) is 4.97. The number of anilines is 1. The first-order valence-corrected chi connectivity index (χ1v) is 9.03. The fraction of sp³-hybridized carbons (Fsp3) is 0.364. The summed E-state index contributed by atoms with van der Waals surface area (Å²) in [5.41, 5.74) is 3.92. The minimum atomic E-state index is -0.485. The number of rotatable bonds is 4. The highest BCUT2D eigenvalue weighted by Crippen LogP contribution is 2.32. The Balaban J connectivity index is 1.77. The lowest BCUT2D eigenvalue weighted by Crippen LogP contribution is -2.54. The Bertz CT molecular complexity index is 842. The highest BCUT2D eigenvalue weighted by atomic mass is 16.2. The monoisotopic (exact) mass is 350 g/mol. The highest BCUT2D eigenvalue weighted by molar-refractivity contribution is 6.02. The Hall–Kier alpha value is -2.62. The fourth-order valence-electron chi connectivity index (χ4n) is 3.73. The summed E-state index contributed by atoms with van der Waals surface area (Å²) in [5, 5.41) is 3.16. The second kappa shape index (κ2) is 6.94. The summed E-state index contributed by atoms with van der Waals surface area (Å²) in [5.74, 6) is -0.207. The Morgan fingerprint density at radius 2 is 1.77 bits per heavy atom. The second-order valence-electron chi connectivity index (χ2n) is 7.71. The molecule has 1 N–H and O–H groups in total. The molecule has 1 heterocycles. The van der Waals surface area contributed by atoms with Gasteiger partial charge >= 0.3 is 0 Å². The molecule has 0 saturated carbocycles. The molecule has 0 unspecified atom stereocenters. The molecule has 1 aliphatic heterocycles. The quantitative estimate of drug-likeness (QED) is 0.919. The van der Waals surface area contributed by atoms with Gasteiger partial charge in [0.25, 0.3) is 0 Å². The predicted molar refractivity (Wildman–Crippen MR) is 104 cm³/mol. The van der Waals surface area contributed by atoms with E-state index in [1.54, 1.807) is 4.90 Å². The van der Waals surface area contributed by atoms with Crippen LogP contribution in [0.5, 0.6) is 0 Å². The fourth-order valence-corrected chi connectivity index (χ4v) is 3.73. The maximum atomic E-state index is 13.0. The van der Waals surface area contributed by atoms with E-state index in [2.05, 4.69) is 24.4 Å². The summed E-state index contributed by atoms with van der Waals surface area (Å²) < 4.78 is 0. The first kappa shape index (κ1) is 18.2. The molecule has 0 radical (unpaired) electrons. The van der Waals surface area contributed by atoms with E-state index in [1.165, 1.54) is 18.1 Å². The van der Waals surface area contributed by atoms with Gasteiger partial charge in [0.15, 0.2) is 0 Å². The average Bonchev–Trinajstić information content (AvgIpc) is 2.96. The normalized spacial score (nSPS) is 16.3. The third kappa shape index (κ3) is 3.64. The van der Waals surface area contributed by atoms with Gasteiger partial charge in [-0.05, 0) is 49.9 Å². The Kier molecular flexibility index (Phi) is 4.86. The van der Waals surface area contributed by atoms with Crippen molar-refractivity contribution in [2.24, 2.45) is 0 Å². The van der Waals surface area contributed by atoms with Gasteiger partial charge in [-0.25, -0.2) is 0 Å². The van der Waals surface area contributed by atoms with E-state index in [1.807, 2.05) is 50.2 Å². The van der Waals surface area contributed by atoms with Gasteiger partial charge in [-0.15, -0.1) is 0 Å². The van der Waals surface area contributed by atoms with E-state index in [0.29, 0.717) is 6.42 Å². The van der Waals surface area contributed by atoms with Crippen molar-refractivity contribution < 1.29 is 9.59 Å². The van der Waals surface area contributed by atoms with Gasteiger partial charge in [0.2, 0.25) is 11.8 Å². The van der Waals surface area contributed by atoms with E-state index < -0.39 is 11.6 Å². The lowest BCUT2D eigenvalue weighted by Gasteiger charge is -2.31. The third-order valence-electron chi connectivity index (χ3n) is 4.97. The van der Waals surface area contributed by atoms with Crippen molar-refractivity contribution in [3.8, 4) is 0 Å². The van der Waals surface area contributed by atoms with Crippen LogP contribution in [0.3, 0.4) is 0 Å². The van der Waals surface area contributed by atoms with Crippen LogP contribution in [-0.2, 0) is 22.4 Å². The van der Waals surface area contributed by atoms with Crippen LogP contribution in [0.2, 0.25) is 0 Å². The van der Waals surface area contributed by atoms with Crippen molar-refractivity contribution in [3.63, 3.8) is 0 Å². The minimum Gasteiger partial charge on any atom is -0.349 e. The molecule has 0 fully saturated rings.